The van der Waals surface area contributed by atoms with Crippen molar-refractivity contribution in [2.45, 2.75) is 51.6 Å². The van der Waals surface area contributed by atoms with Crippen LogP contribution in [0.3, 0.4) is 0 Å². The van der Waals surface area contributed by atoms with Gasteiger partial charge in [0.05, 0.1) is 22.4 Å². The predicted molar refractivity (Wildman–Crippen MR) is 140 cm³/mol. The van der Waals surface area contributed by atoms with E-state index in [-0.39, 0.29) is 22.7 Å². The van der Waals surface area contributed by atoms with Crippen LogP contribution in [0, 0.1) is 6.92 Å². The van der Waals surface area contributed by atoms with E-state index in [2.05, 4.69) is 4.98 Å². The highest BCUT2D eigenvalue weighted by Gasteiger charge is 2.37. The lowest BCUT2D eigenvalue weighted by molar-refractivity contribution is -0.143. The fourth-order valence-electron chi connectivity index (χ4n) is 3.83. The molecule has 218 valence electrons. The van der Waals surface area contributed by atoms with Crippen LogP contribution in [-0.2, 0) is 23.9 Å². The largest absolute Gasteiger partial charge is 0.416 e. The molecule has 0 fully saturated rings. The van der Waals surface area contributed by atoms with Gasteiger partial charge in [-0.2, -0.15) is 39.5 Å². The minimum absolute atomic E-state index is 0.0685. The number of hydrogen-bond acceptors (Lipinski definition) is 1. The molecular formula is C31H26F9N. The summed E-state index contributed by atoms with van der Waals surface area (Å²) in [5.74, 6) is 0. The van der Waals surface area contributed by atoms with Crippen LogP contribution in [0.5, 0.6) is 0 Å². The Labute approximate surface area is 231 Å². The van der Waals surface area contributed by atoms with E-state index in [9.17, 15) is 39.5 Å². The summed E-state index contributed by atoms with van der Waals surface area (Å²) in [7, 11) is 0. The van der Waals surface area contributed by atoms with Crippen molar-refractivity contribution in [3.05, 3.63) is 113 Å². The van der Waals surface area contributed by atoms with Crippen molar-refractivity contribution in [2.75, 3.05) is 0 Å². The lowest BCUT2D eigenvalue weighted by atomic mass is 9.87. The van der Waals surface area contributed by atoms with Crippen LogP contribution in [-0.4, -0.2) is 4.98 Å². The standard InChI is InChI=1S/C17H15F6N.C14H11F3/c1-15(2,3)11-4-5-24-14(9-11)10-6-12(16(18,19)20)8-13(7-10)17(21,22)23;1-10-3-2-4-12(9-10)11-5-7-13(8-6-11)14(15,16)17/h4-9H,1-3H3;2-9H,1H3. The Morgan fingerprint density at radius 1 is 0.488 bits per heavy atom. The molecule has 0 saturated carbocycles. The fourth-order valence-corrected chi connectivity index (χ4v) is 3.83. The monoisotopic (exact) mass is 583 g/mol. The number of nitrogens with zero attached hydrogens (tertiary/aromatic N) is 1. The van der Waals surface area contributed by atoms with Crippen LogP contribution in [0.1, 0.15) is 48.6 Å². The summed E-state index contributed by atoms with van der Waals surface area (Å²) >= 11 is 0. The summed E-state index contributed by atoms with van der Waals surface area (Å²) < 4.78 is 115. The van der Waals surface area contributed by atoms with Gasteiger partial charge < -0.3 is 0 Å². The maximum absolute atomic E-state index is 12.9. The van der Waals surface area contributed by atoms with Gasteiger partial charge in [-0.05, 0) is 71.5 Å². The Morgan fingerprint density at radius 3 is 1.49 bits per heavy atom. The van der Waals surface area contributed by atoms with Crippen LogP contribution < -0.4 is 0 Å². The van der Waals surface area contributed by atoms with Gasteiger partial charge >= 0.3 is 18.5 Å². The second-order valence-electron chi connectivity index (χ2n) is 10.4. The average molecular weight is 584 g/mol. The van der Waals surface area contributed by atoms with Crippen molar-refractivity contribution in [3.63, 3.8) is 0 Å². The summed E-state index contributed by atoms with van der Waals surface area (Å²) in [6.45, 7) is 7.62. The molecule has 4 aromatic rings. The Kier molecular flexibility index (Phi) is 8.96. The van der Waals surface area contributed by atoms with Crippen molar-refractivity contribution in [1.29, 1.82) is 0 Å². The topological polar surface area (TPSA) is 12.9 Å². The lowest BCUT2D eigenvalue weighted by Crippen LogP contribution is -2.12. The van der Waals surface area contributed by atoms with Crippen molar-refractivity contribution in [2.24, 2.45) is 0 Å². The molecule has 1 heterocycles. The normalized spacial score (nSPS) is 12.5. The highest BCUT2D eigenvalue weighted by molar-refractivity contribution is 5.65. The van der Waals surface area contributed by atoms with E-state index in [1.807, 2.05) is 52.0 Å². The second kappa shape index (κ2) is 11.6. The molecule has 10 heteroatoms. The van der Waals surface area contributed by atoms with E-state index in [0.717, 1.165) is 34.4 Å². The van der Waals surface area contributed by atoms with E-state index in [4.69, 9.17) is 0 Å². The molecule has 0 unspecified atom stereocenters. The van der Waals surface area contributed by atoms with Gasteiger partial charge in [-0.3, -0.25) is 4.98 Å². The third-order valence-corrected chi connectivity index (χ3v) is 6.07. The zero-order valence-corrected chi connectivity index (χ0v) is 22.4. The van der Waals surface area contributed by atoms with E-state index in [1.54, 1.807) is 6.07 Å². The van der Waals surface area contributed by atoms with Crippen LogP contribution in [0.2, 0.25) is 0 Å². The molecule has 1 nitrogen and oxygen atoms in total. The summed E-state index contributed by atoms with van der Waals surface area (Å²) in [5.41, 5.74) is -0.213. The van der Waals surface area contributed by atoms with Crippen LogP contribution in [0.25, 0.3) is 22.4 Å². The van der Waals surface area contributed by atoms with Crippen LogP contribution in [0.4, 0.5) is 39.5 Å². The maximum Gasteiger partial charge on any atom is 0.416 e. The van der Waals surface area contributed by atoms with Gasteiger partial charge in [0, 0.05) is 11.8 Å². The molecule has 0 radical (unpaired) electrons. The number of alkyl halides is 9. The second-order valence-corrected chi connectivity index (χ2v) is 10.4. The Balaban J connectivity index is 0.000000239. The SMILES string of the molecule is CC(C)(C)c1ccnc(-c2cc(C(F)(F)F)cc(C(F)(F)F)c2)c1.Cc1cccc(-c2ccc(C(F)(F)F)cc2)c1. The molecule has 0 atom stereocenters. The number of halogens is 9. The molecular weight excluding hydrogens is 557 g/mol. The first-order chi connectivity index (χ1) is 18.7. The minimum Gasteiger partial charge on any atom is -0.256 e. The number of benzene rings is 3. The zero-order chi connectivity index (χ0) is 30.8. The first kappa shape index (κ1) is 31.7. The van der Waals surface area contributed by atoms with Crippen molar-refractivity contribution in [3.8, 4) is 22.4 Å². The first-order valence-electron chi connectivity index (χ1n) is 12.3. The van der Waals surface area contributed by atoms with Crippen molar-refractivity contribution in [1.82, 2.24) is 4.98 Å². The van der Waals surface area contributed by atoms with E-state index < -0.39 is 35.2 Å². The number of pyridine rings is 1. The van der Waals surface area contributed by atoms with Gasteiger partial charge in [0.1, 0.15) is 0 Å². The van der Waals surface area contributed by atoms with Gasteiger partial charge in [0.2, 0.25) is 0 Å². The summed E-state index contributed by atoms with van der Waals surface area (Å²) in [5, 5.41) is 0. The number of hydrogen-bond donors (Lipinski definition) is 0. The molecule has 0 saturated heterocycles. The van der Waals surface area contributed by atoms with Crippen molar-refractivity contribution < 1.29 is 39.5 Å². The molecule has 0 aliphatic rings. The molecule has 4 rings (SSSR count). The third kappa shape index (κ3) is 8.58. The molecule has 0 aliphatic heterocycles. The van der Waals surface area contributed by atoms with Gasteiger partial charge in [-0.15, -0.1) is 0 Å². The third-order valence-electron chi connectivity index (χ3n) is 6.07. The fraction of sp³-hybridized carbons (Fsp3) is 0.258. The minimum atomic E-state index is -4.88. The molecule has 1 aromatic heterocycles. The number of aryl methyl sites for hydroxylation is 1. The molecule has 0 amide bonds. The van der Waals surface area contributed by atoms with E-state index >= 15 is 0 Å². The Morgan fingerprint density at radius 2 is 1.02 bits per heavy atom. The highest BCUT2D eigenvalue weighted by atomic mass is 19.4. The number of rotatable bonds is 2. The van der Waals surface area contributed by atoms with Gasteiger partial charge in [-0.25, -0.2) is 0 Å². The average Bonchev–Trinajstić information content (AvgIpc) is 2.87. The van der Waals surface area contributed by atoms with Gasteiger partial charge in [-0.1, -0.05) is 62.7 Å². The van der Waals surface area contributed by atoms with Crippen LogP contribution in [0.15, 0.2) is 85.1 Å². The van der Waals surface area contributed by atoms with E-state index in [0.29, 0.717) is 12.1 Å². The highest BCUT2D eigenvalue weighted by Crippen LogP contribution is 2.39. The van der Waals surface area contributed by atoms with E-state index in [1.165, 1.54) is 24.4 Å². The Bertz CT molecular complexity index is 1440. The van der Waals surface area contributed by atoms with Gasteiger partial charge in [0.25, 0.3) is 0 Å². The molecule has 0 N–H and O–H groups in total. The predicted octanol–water partition coefficient (Wildman–Crippen LogP) is 10.8. The smallest absolute Gasteiger partial charge is 0.256 e. The Hall–Kier alpha value is -3.82. The lowest BCUT2D eigenvalue weighted by Gasteiger charge is -2.20. The maximum atomic E-state index is 12.9. The van der Waals surface area contributed by atoms with Crippen LogP contribution >= 0.6 is 0 Å². The molecule has 41 heavy (non-hydrogen) atoms. The molecule has 0 aliphatic carbocycles. The summed E-state index contributed by atoms with van der Waals surface area (Å²) in [4.78, 5) is 3.93. The number of aromatic nitrogens is 1. The summed E-state index contributed by atoms with van der Waals surface area (Å²) in [6.07, 6.45) is -12.6. The molecule has 0 spiro atoms. The van der Waals surface area contributed by atoms with Crippen molar-refractivity contribution >= 4 is 0 Å². The molecule has 3 aromatic carbocycles. The molecule has 0 bridgehead atoms. The zero-order valence-electron chi connectivity index (χ0n) is 22.4. The first-order valence-corrected chi connectivity index (χ1v) is 12.3. The van der Waals surface area contributed by atoms with Gasteiger partial charge in [0.15, 0.2) is 0 Å². The summed E-state index contributed by atoms with van der Waals surface area (Å²) in [6, 6.07) is 17.6. The quantitative estimate of drug-likeness (QED) is 0.214.